The highest BCUT2D eigenvalue weighted by atomic mass is 16.1. The van der Waals surface area contributed by atoms with Gasteiger partial charge < -0.3 is 5.73 Å². The van der Waals surface area contributed by atoms with Gasteiger partial charge in [-0.25, -0.2) is 0 Å². The molecule has 0 saturated heterocycles. The number of allylic oxidation sites excluding steroid dienone is 5. The quantitative estimate of drug-likeness (QED) is 0.636. The summed E-state index contributed by atoms with van der Waals surface area (Å²) >= 11 is 0. The van der Waals surface area contributed by atoms with Crippen molar-refractivity contribution in [3.63, 3.8) is 0 Å². The molecule has 68 valence electrons. The molecule has 3 heteroatoms. The molecule has 0 aromatic rings. The lowest BCUT2D eigenvalue weighted by Gasteiger charge is -2.11. The number of rotatable bonds is 1. The van der Waals surface area contributed by atoms with Crippen molar-refractivity contribution >= 4 is 11.6 Å². The monoisotopic (exact) mass is 176 g/mol. The number of nitrogens with two attached hydrogens (primary N) is 1. The first-order chi connectivity index (χ1) is 6.20. The van der Waals surface area contributed by atoms with E-state index in [4.69, 9.17) is 5.73 Å². The van der Waals surface area contributed by atoms with Gasteiger partial charge >= 0.3 is 0 Å². The van der Waals surface area contributed by atoms with Crippen molar-refractivity contribution in [1.82, 2.24) is 0 Å². The van der Waals surface area contributed by atoms with Crippen molar-refractivity contribution < 1.29 is 4.79 Å². The molecular formula is C10H12N2O. The Labute approximate surface area is 77.3 Å². The van der Waals surface area contributed by atoms with Crippen LogP contribution in [0.2, 0.25) is 0 Å². The average molecular weight is 176 g/mol. The molecule has 1 aliphatic rings. The van der Waals surface area contributed by atoms with Crippen molar-refractivity contribution in [2.75, 3.05) is 7.05 Å². The van der Waals surface area contributed by atoms with Crippen molar-refractivity contribution in [3.05, 3.63) is 35.5 Å². The second-order valence-corrected chi connectivity index (χ2v) is 2.62. The van der Waals surface area contributed by atoms with Gasteiger partial charge in [0.25, 0.3) is 5.91 Å². The molecule has 0 aliphatic heterocycles. The molecule has 0 saturated carbocycles. The van der Waals surface area contributed by atoms with Gasteiger partial charge in [-0.3, -0.25) is 9.79 Å². The van der Waals surface area contributed by atoms with Gasteiger partial charge in [-0.1, -0.05) is 18.2 Å². The van der Waals surface area contributed by atoms with Crippen molar-refractivity contribution in [3.8, 4) is 0 Å². The van der Waals surface area contributed by atoms with Crippen molar-refractivity contribution in [2.45, 2.75) is 6.92 Å². The third-order valence-corrected chi connectivity index (χ3v) is 1.87. The first-order valence-corrected chi connectivity index (χ1v) is 4.02. The van der Waals surface area contributed by atoms with Crippen LogP contribution in [0.15, 0.2) is 40.4 Å². The molecule has 1 rings (SSSR count). The Morgan fingerprint density at radius 2 is 2.31 bits per heavy atom. The van der Waals surface area contributed by atoms with Gasteiger partial charge in [0, 0.05) is 7.05 Å². The molecule has 0 spiro atoms. The summed E-state index contributed by atoms with van der Waals surface area (Å²) in [5.41, 5.74) is 7.27. The van der Waals surface area contributed by atoms with Crippen LogP contribution in [-0.2, 0) is 4.79 Å². The molecule has 0 bridgehead atoms. The molecule has 1 aliphatic carbocycles. The number of carbonyl (C=O) groups excluding carboxylic acids is 1. The minimum Gasteiger partial charge on any atom is -0.366 e. The molecule has 1 amide bonds. The van der Waals surface area contributed by atoms with Gasteiger partial charge in [-0.2, -0.15) is 0 Å². The molecular weight excluding hydrogens is 164 g/mol. The lowest BCUT2D eigenvalue weighted by atomic mass is 9.96. The molecule has 2 N–H and O–H groups in total. The van der Waals surface area contributed by atoms with Gasteiger partial charge in [0.2, 0.25) is 0 Å². The number of primary amides is 1. The van der Waals surface area contributed by atoms with E-state index in [0.29, 0.717) is 11.3 Å². The van der Waals surface area contributed by atoms with Crippen LogP contribution in [0.25, 0.3) is 0 Å². The van der Waals surface area contributed by atoms with Crippen molar-refractivity contribution in [1.29, 1.82) is 0 Å². The molecule has 13 heavy (non-hydrogen) atoms. The third kappa shape index (κ3) is 1.75. The fourth-order valence-corrected chi connectivity index (χ4v) is 1.24. The maximum atomic E-state index is 11.0. The summed E-state index contributed by atoms with van der Waals surface area (Å²) in [7, 11) is 1.65. The van der Waals surface area contributed by atoms with Gasteiger partial charge in [0.05, 0.1) is 11.3 Å². The average Bonchev–Trinajstić information content (AvgIpc) is 2.16. The number of hydrogen-bond acceptors (Lipinski definition) is 2. The standard InChI is InChI=1S/C10H12N2O/c1-3-7-5-4-6-8(10(11)13)9(7)12-2/h3-6H,1-2H3,(H2,11,13)/b7-3-,12-9?. The zero-order valence-corrected chi connectivity index (χ0v) is 7.74. The van der Waals surface area contributed by atoms with Crippen LogP contribution in [0.3, 0.4) is 0 Å². The SMILES string of the molecule is C/C=C1/C=CC=C(C(N)=O)C1=NC. The van der Waals surface area contributed by atoms with Gasteiger partial charge in [0.15, 0.2) is 0 Å². The maximum absolute atomic E-state index is 11.0. The topological polar surface area (TPSA) is 55.5 Å². The molecule has 3 nitrogen and oxygen atoms in total. The van der Waals surface area contributed by atoms with Crippen LogP contribution in [0.5, 0.6) is 0 Å². The summed E-state index contributed by atoms with van der Waals surface area (Å²) in [6.07, 6.45) is 7.27. The normalized spacial score (nSPS) is 22.2. The van der Waals surface area contributed by atoms with Crippen LogP contribution in [0.4, 0.5) is 0 Å². The second-order valence-electron chi connectivity index (χ2n) is 2.62. The Kier molecular flexibility index (Phi) is 2.80. The first-order valence-electron chi connectivity index (χ1n) is 4.02. The van der Waals surface area contributed by atoms with E-state index in [1.165, 1.54) is 0 Å². The minimum atomic E-state index is -0.440. The molecule has 0 aromatic heterocycles. The summed E-state index contributed by atoms with van der Waals surface area (Å²) in [5.74, 6) is -0.440. The highest BCUT2D eigenvalue weighted by Gasteiger charge is 2.16. The molecule has 0 radical (unpaired) electrons. The number of amides is 1. The highest BCUT2D eigenvalue weighted by Crippen LogP contribution is 2.14. The van der Waals surface area contributed by atoms with Crippen LogP contribution < -0.4 is 5.73 Å². The van der Waals surface area contributed by atoms with E-state index in [0.717, 1.165) is 5.57 Å². The molecule has 0 aromatic carbocycles. The van der Waals surface area contributed by atoms with E-state index in [9.17, 15) is 4.79 Å². The Balaban J connectivity index is 3.18. The summed E-state index contributed by atoms with van der Waals surface area (Å²) in [5, 5.41) is 0. The summed E-state index contributed by atoms with van der Waals surface area (Å²) in [4.78, 5) is 15.0. The predicted molar refractivity (Wildman–Crippen MR) is 53.5 cm³/mol. The molecule has 0 fully saturated rings. The van der Waals surface area contributed by atoms with Crippen LogP contribution in [0.1, 0.15) is 6.92 Å². The van der Waals surface area contributed by atoms with Gasteiger partial charge in [-0.05, 0) is 18.6 Å². The van der Waals surface area contributed by atoms with Crippen LogP contribution >= 0.6 is 0 Å². The van der Waals surface area contributed by atoms with E-state index < -0.39 is 5.91 Å². The zero-order chi connectivity index (χ0) is 9.84. The van der Waals surface area contributed by atoms with E-state index in [1.807, 2.05) is 19.1 Å². The van der Waals surface area contributed by atoms with E-state index >= 15 is 0 Å². The Morgan fingerprint density at radius 3 is 2.77 bits per heavy atom. The van der Waals surface area contributed by atoms with Crippen LogP contribution in [-0.4, -0.2) is 18.7 Å². The fraction of sp³-hybridized carbons (Fsp3) is 0.200. The second kappa shape index (κ2) is 3.85. The van der Waals surface area contributed by atoms with E-state index in [1.54, 1.807) is 19.2 Å². The molecule has 0 heterocycles. The first kappa shape index (κ1) is 9.45. The minimum absolute atomic E-state index is 0.440. The number of hydrogen-bond donors (Lipinski definition) is 1. The largest absolute Gasteiger partial charge is 0.366 e. The fourth-order valence-electron chi connectivity index (χ4n) is 1.24. The van der Waals surface area contributed by atoms with Gasteiger partial charge in [-0.15, -0.1) is 0 Å². The van der Waals surface area contributed by atoms with Crippen LogP contribution in [0, 0.1) is 0 Å². The highest BCUT2D eigenvalue weighted by molar-refractivity contribution is 6.29. The lowest BCUT2D eigenvalue weighted by Crippen LogP contribution is -2.22. The lowest BCUT2D eigenvalue weighted by molar-refractivity contribution is -0.114. The Hall–Kier alpha value is -1.64. The molecule has 0 atom stereocenters. The zero-order valence-electron chi connectivity index (χ0n) is 7.74. The van der Waals surface area contributed by atoms with E-state index in [-0.39, 0.29) is 0 Å². The molecule has 0 unspecified atom stereocenters. The Bertz CT molecular complexity index is 346. The predicted octanol–water partition coefficient (Wildman–Crippen LogP) is 0.985. The van der Waals surface area contributed by atoms with Crippen molar-refractivity contribution in [2.24, 2.45) is 10.7 Å². The number of aliphatic imine (C=N–C) groups is 1. The summed E-state index contributed by atoms with van der Waals surface area (Å²) in [6, 6.07) is 0. The number of nitrogens with zero attached hydrogens (tertiary/aromatic N) is 1. The van der Waals surface area contributed by atoms with E-state index in [2.05, 4.69) is 4.99 Å². The smallest absolute Gasteiger partial charge is 0.250 e. The maximum Gasteiger partial charge on any atom is 0.250 e. The third-order valence-electron chi connectivity index (χ3n) is 1.87. The summed E-state index contributed by atoms with van der Waals surface area (Å²) in [6.45, 7) is 1.90. The number of carbonyl (C=O) groups is 1. The summed E-state index contributed by atoms with van der Waals surface area (Å²) < 4.78 is 0. The van der Waals surface area contributed by atoms with Gasteiger partial charge in [0.1, 0.15) is 0 Å². The Morgan fingerprint density at radius 1 is 1.62 bits per heavy atom.